The van der Waals surface area contributed by atoms with E-state index in [4.69, 9.17) is 0 Å². The van der Waals surface area contributed by atoms with Crippen molar-refractivity contribution in [2.75, 3.05) is 6.54 Å². The molecule has 1 atom stereocenters. The van der Waals surface area contributed by atoms with E-state index in [0.29, 0.717) is 0 Å². The van der Waals surface area contributed by atoms with Crippen LogP contribution in [0.5, 0.6) is 0 Å². The first-order chi connectivity index (χ1) is 9.13. The van der Waals surface area contributed by atoms with Crippen LogP contribution in [0, 0.1) is 3.57 Å². The van der Waals surface area contributed by atoms with Crippen molar-refractivity contribution in [3.63, 3.8) is 0 Å². The Hall–Kier alpha value is -0.470. The third-order valence-electron chi connectivity index (χ3n) is 2.91. The Morgan fingerprint density at radius 1 is 1.47 bits per heavy atom. The normalized spacial score (nSPS) is 12.6. The summed E-state index contributed by atoms with van der Waals surface area (Å²) in [6.07, 6.45) is 2.91. The Balaban J connectivity index is 2.42. The number of rotatable bonds is 5. The van der Waals surface area contributed by atoms with Crippen LogP contribution in [0.15, 0.2) is 28.9 Å². The molecule has 1 aromatic heterocycles. The summed E-state index contributed by atoms with van der Waals surface area (Å²) in [4.78, 5) is 0. The largest absolute Gasteiger partial charge is 0.305 e. The zero-order chi connectivity index (χ0) is 13.8. The summed E-state index contributed by atoms with van der Waals surface area (Å²) >= 11 is 5.92. The highest BCUT2D eigenvalue weighted by atomic mass is 127. The van der Waals surface area contributed by atoms with Crippen molar-refractivity contribution in [1.82, 2.24) is 20.3 Å². The van der Waals surface area contributed by atoms with Crippen LogP contribution in [0.4, 0.5) is 0 Å². The van der Waals surface area contributed by atoms with Gasteiger partial charge in [0.1, 0.15) is 0 Å². The van der Waals surface area contributed by atoms with Crippen LogP contribution in [0.1, 0.15) is 30.6 Å². The molecule has 19 heavy (non-hydrogen) atoms. The van der Waals surface area contributed by atoms with Crippen molar-refractivity contribution in [3.05, 3.63) is 43.7 Å². The molecule has 0 aliphatic carbocycles. The van der Waals surface area contributed by atoms with Gasteiger partial charge in [-0.15, -0.1) is 5.10 Å². The average molecular weight is 435 g/mol. The summed E-state index contributed by atoms with van der Waals surface area (Å²) in [5.74, 6) is 0. The number of hydrogen-bond acceptors (Lipinski definition) is 3. The highest BCUT2D eigenvalue weighted by Crippen LogP contribution is 2.28. The van der Waals surface area contributed by atoms with Gasteiger partial charge in [0.2, 0.25) is 0 Å². The molecule has 4 nitrogen and oxygen atoms in total. The molecule has 0 radical (unpaired) electrons. The first kappa shape index (κ1) is 14.9. The van der Waals surface area contributed by atoms with Crippen molar-refractivity contribution >= 4 is 38.5 Å². The first-order valence-corrected chi connectivity index (χ1v) is 8.03. The molecular formula is C13H16BrIN4. The molecule has 0 fully saturated rings. The number of halogens is 2. The fraction of sp³-hybridized carbons (Fsp3) is 0.385. The minimum absolute atomic E-state index is 0.115. The van der Waals surface area contributed by atoms with Crippen LogP contribution in [-0.4, -0.2) is 21.5 Å². The molecule has 0 spiro atoms. The van der Waals surface area contributed by atoms with E-state index >= 15 is 0 Å². The first-order valence-electron chi connectivity index (χ1n) is 6.16. The number of hydrogen-bond donors (Lipinski definition) is 1. The molecule has 2 aromatic rings. The monoisotopic (exact) mass is 434 g/mol. The van der Waals surface area contributed by atoms with E-state index in [0.717, 1.165) is 23.1 Å². The van der Waals surface area contributed by atoms with Crippen molar-refractivity contribution in [2.45, 2.75) is 19.4 Å². The van der Waals surface area contributed by atoms with Crippen LogP contribution >= 0.6 is 38.5 Å². The lowest BCUT2D eigenvalue weighted by molar-refractivity contribution is 0.549. The van der Waals surface area contributed by atoms with Crippen molar-refractivity contribution in [1.29, 1.82) is 0 Å². The molecule has 0 aliphatic heterocycles. The molecule has 1 aromatic carbocycles. The quantitative estimate of drug-likeness (QED) is 0.734. The standard InChI is InChI=1S/C13H16BrIN4/c1-3-6-16-13(12-8-17-18-19(12)2)10-7-9(14)4-5-11(10)15/h4-5,7-8,13,16H,3,6H2,1-2H3. The van der Waals surface area contributed by atoms with Crippen molar-refractivity contribution in [2.24, 2.45) is 7.05 Å². The lowest BCUT2D eigenvalue weighted by Gasteiger charge is -2.20. The van der Waals surface area contributed by atoms with E-state index in [9.17, 15) is 0 Å². The molecule has 1 heterocycles. The fourth-order valence-electron chi connectivity index (χ4n) is 1.96. The maximum atomic E-state index is 4.04. The number of benzene rings is 1. The Labute approximate surface area is 135 Å². The maximum absolute atomic E-state index is 4.04. The SMILES string of the molecule is CCCNC(c1cc(Br)ccc1I)c1cnnn1C. The van der Waals surface area contributed by atoms with E-state index in [1.807, 2.05) is 17.9 Å². The van der Waals surface area contributed by atoms with E-state index < -0.39 is 0 Å². The molecule has 1 N–H and O–H groups in total. The predicted octanol–water partition coefficient (Wildman–Crippen LogP) is 3.27. The lowest BCUT2D eigenvalue weighted by atomic mass is 10.0. The molecule has 0 saturated carbocycles. The van der Waals surface area contributed by atoms with Gasteiger partial charge < -0.3 is 5.32 Å². The van der Waals surface area contributed by atoms with Crippen LogP contribution in [0.25, 0.3) is 0 Å². The molecular weight excluding hydrogens is 419 g/mol. The summed E-state index contributed by atoms with van der Waals surface area (Å²) in [7, 11) is 1.92. The van der Waals surface area contributed by atoms with Gasteiger partial charge in [-0.3, -0.25) is 4.68 Å². The number of nitrogens with zero attached hydrogens (tertiary/aromatic N) is 3. The average Bonchev–Trinajstić information content (AvgIpc) is 2.80. The number of aromatic nitrogens is 3. The second-order valence-corrected chi connectivity index (χ2v) is 6.41. The zero-order valence-electron chi connectivity index (χ0n) is 10.9. The van der Waals surface area contributed by atoms with Gasteiger partial charge in [-0.2, -0.15) is 0 Å². The van der Waals surface area contributed by atoms with Crippen LogP contribution < -0.4 is 5.32 Å². The summed E-state index contributed by atoms with van der Waals surface area (Å²) in [5.41, 5.74) is 2.32. The van der Waals surface area contributed by atoms with E-state index in [-0.39, 0.29) is 6.04 Å². The molecule has 102 valence electrons. The molecule has 6 heteroatoms. The van der Waals surface area contributed by atoms with Gasteiger partial charge in [-0.1, -0.05) is 28.1 Å². The minimum Gasteiger partial charge on any atom is -0.305 e. The van der Waals surface area contributed by atoms with Gasteiger partial charge in [-0.05, 0) is 59.3 Å². The van der Waals surface area contributed by atoms with Crippen LogP contribution in [0.2, 0.25) is 0 Å². The van der Waals surface area contributed by atoms with Gasteiger partial charge >= 0.3 is 0 Å². The third kappa shape index (κ3) is 3.55. The Morgan fingerprint density at radius 2 is 2.26 bits per heavy atom. The summed E-state index contributed by atoms with van der Waals surface area (Å²) < 4.78 is 4.14. The smallest absolute Gasteiger partial charge is 0.0799 e. The lowest BCUT2D eigenvalue weighted by Crippen LogP contribution is -2.26. The van der Waals surface area contributed by atoms with Gasteiger partial charge in [0.25, 0.3) is 0 Å². The van der Waals surface area contributed by atoms with Crippen molar-refractivity contribution < 1.29 is 0 Å². The summed E-state index contributed by atoms with van der Waals surface area (Å²) in [6.45, 7) is 3.12. The Morgan fingerprint density at radius 3 is 2.89 bits per heavy atom. The molecule has 0 amide bonds. The number of nitrogens with one attached hydrogen (secondary N) is 1. The highest BCUT2D eigenvalue weighted by molar-refractivity contribution is 14.1. The zero-order valence-corrected chi connectivity index (χ0v) is 14.6. The predicted molar refractivity (Wildman–Crippen MR) is 88.0 cm³/mol. The third-order valence-corrected chi connectivity index (χ3v) is 4.39. The molecule has 0 aliphatic rings. The molecule has 2 rings (SSSR count). The maximum Gasteiger partial charge on any atom is 0.0799 e. The Bertz CT molecular complexity index is 555. The second kappa shape index (κ2) is 6.81. The molecule has 0 bridgehead atoms. The highest BCUT2D eigenvalue weighted by Gasteiger charge is 2.19. The second-order valence-electron chi connectivity index (χ2n) is 4.34. The fourth-order valence-corrected chi connectivity index (χ4v) is 2.98. The number of aryl methyl sites for hydroxylation is 1. The van der Waals surface area contributed by atoms with Gasteiger partial charge in [-0.25, -0.2) is 0 Å². The van der Waals surface area contributed by atoms with Crippen molar-refractivity contribution in [3.8, 4) is 0 Å². The Kier molecular flexibility index (Phi) is 5.35. The topological polar surface area (TPSA) is 42.7 Å². The summed E-state index contributed by atoms with van der Waals surface area (Å²) in [6, 6.07) is 6.44. The van der Waals surface area contributed by atoms with Gasteiger partial charge in [0.05, 0.1) is 17.9 Å². The van der Waals surface area contributed by atoms with Gasteiger partial charge in [0, 0.05) is 15.1 Å². The van der Waals surface area contributed by atoms with E-state index in [2.05, 4.69) is 79.3 Å². The van der Waals surface area contributed by atoms with Crippen LogP contribution in [0.3, 0.4) is 0 Å². The van der Waals surface area contributed by atoms with Gasteiger partial charge in [0.15, 0.2) is 0 Å². The van der Waals surface area contributed by atoms with Crippen LogP contribution in [-0.2, 0) is 7.05 Å². The summed E-state index contributed by atoms with van der Waals surface area (Å²) in [5, 5.41) is 11.6. The molecule has 1 unspecified atom stereocenters. The van der Waals surface area contributed by atoms with E-state index in [1.54, 1.807) is 0 Å². The molecule has 0 saturated heterocycles. The minimum atomic E-state index is 0.115. The van der Waals surface area contributed by atoms with E-state index in [1.165, 1.54) is 9.13 Å².